The van der Waals surface area contributed by atoms with Crippen LogP contribution in [0.25, 0.3) is 0 Å². The second-order valence-corrected chi connectivity index (χ2v) is 6.50. The topological polar surface area (TPSA) is 64.3 Å². The van der Waals surface area contributed by atoms with Crippen LogP contribution < -0.4 is 11.1 Å². The first kappa shape index (κ1) is 17.7. The SMILES string of the molecule is CC(C)(C)OC(=O)NCC(N)c1cccc(SC(F)F)c1. The van der Waals surface area contributed by atoms with Crippen molar-refractivity contribution in [1.82, 2.24) is 5.32 Å². The van der Waals surface area contributed by atoms with Crippen LogP contribution in [0.5, 0.6) is 0 Å². The number of hydrogen-bond donors (Lipinski definition) is 2. The molecule has 1 aromatic rings. The van der Waals surface area contributed by atoms with E-state index in [9.17, 15) is 13.6 Å². The van der Waals surface area contributed by atoms with Gasteiger partial charge in [0, 0.05) is 17.5 Å². The maximum atomic E-state index is 12.3. The van der Waals surface area contributed by atoms with E-state index < -0.39 is 23.5 Å². The van der Waals surface area contributed by atoms with E-state index in [4.69, 9.17) is 10.5 Å². The number of ether oxygens (including phenoxy) is 1. The van der Waals surface area contributed by atoms with Crippen LogP contribution in [0.1, 0.15) is 32.4 Å². The average Bonchev–Trinajstić information content (AvgIpc) is 2.33. The van der Waals surface area contributed by atoms with Crippen LogP contribution in [-0.2, 0) is 4.74 Å². The Labute approximate surface area is 127 Å². The van der Waals surface area contributed by atoms with E-state index in [1.165, 1.54) is 0 Å². The van der Waals surface area contributed by atoms with Crippen LogP contribution in [0.15, 0.2) is 29.2 Å². The van der Waals surface area contributed by atoms with Gasteiger partial charge in [-0.3, -0.25) is 0 Å². The predicted molar refractivity (Wildman–Crippen MR) is 79.5 cm³/mol. The normalized spacial score (nSPS) is 13.1. The molecule has 1 amide bonds. The lowest BCUT2D eigenvalue weighted by atomic mass is 10.1. The standard InChI is InChI=1S/C14H20F2N2O2S/c1-14(2,3)20-13(19)18-8-11(17)9-5-4-6-10(7-9)21-12(15)16/h4-7,11-12H,8,17H2,1-3H3,(H,18,19). The van der Waals surface area contributed by atoms with E-state index in [0.29, 0.717) is 22.2 Å². The molecule has 0 heterocycles. The first-order valence-corrected chi connectivity index (χ1v) is 7.32. The number of carbonyl (C=O) groups excluding carboxylic acids is 1. The number of nitrogens with one attached hydrogen (secondary N) is 1. The number of alkyl halides is 2. The molecular formula is C14H20F2N2O2S. The van der Waals surface area contributed by atoms with Crippen molar-refractivity contribution in [3.05, 3.63) is 29.8 Å². The predicted octanol–water partition coefficient (Wildman–Crippen LogP) is 3.53. The Morgan fingerprint density at radius 1 is 1.43 bits per heavy atom. The van der Waals surface area contributed by atoms with Crippen molar-refractivity contribution in [3.8, 4) is 0 Å². The Kier molecular flexibility index (Phi) is 6.42. The Morgan fingerprint density at radius 2 is 2.10 bits per heavy atom. The number of alkyl carbamates (subject to hydrolysis) is 1. The molecule has 1 atom stereocenters. The number of hydrogen-bond acceptors (Lipinski definition) is 4. The fourth-order valence-corrected chi connectivity index (χ4v) is 2.11. The summed E-state index contributed by atoms with van der Waals surface area (Å²) in [5.41, 5.74) is 6.04. The van der Waals surface area contributed by atoms with Gasteiger partial charge >= 0.3 is 6.09 Å². The lowest BCUT2D eigenvalue weighted by Gasteiger charge is -2.21. The van der Waals surface area contributed by atoms with Crippen molar-refractivity contribution in [1.29, 1.82) is 0 Å². The molecule has 0 fully saturated rings. The van der Waals surface area contributed by atoms with Crippen molar-refractivity contribution in [2.45, 2.75) is 43.1 Å². The van der Waals surface area contributed by atoms with Crippen molar-refractivity contribution >= 4 is 17.9 Å². The van der Waals surface area contributed by atoms with Gasteiger partial charge in [-0.15, -0.1) is 0 Å². The first-order chi connectivity index (χ1) is 9.67. The third kappa shape index (κ3) is 7.29. The summed E-state index contributed by atoms with van der Waals surface area (Å²) in [4.78, 5) is 12.0. The number of rotatable bonds is 5. The molecule has 0 aromatic heterocycles. The maximum Gasteiger partial charge on any atom is 0.407 e. The fraction of sp³-hybridized carbons (Fsp3) is 0.500. The lowest BCUT2D eigenvalue weighted by molar-refractivity contribution is 0.0524. The highest BCUT2D eigenvalue weighted by Crippen LogP contribution is 2.26. The summed E-state index contributed by atoms with van der Waals surface area (Å²) >= 11 is 0.461. The summed E-state index contributed by atoms with van der Waals surface area (Å²) in [6, 6.07) is 6.09. The molecule has 1 unspecified atom stereocenters. The zero-order valence-electron chi connectivity index (χ0n) is 12.2. The van der Waals surface area contributed by atoms with Gasteiger partial charge in [-0.2, -0.15) is 8.78 Å². The van der Waals surface area contributed by atoms with Crippen molar-refractivity contribution in [2.24, 2.45) is 5.73 Å². The van der Waals surface area contributed by atoms with Crippen molar-refractivity contribution < 1.29 is 18.3 Å². The molecule has 0 saturated carbocycles. The van der Waals surface area contributed by atoms with Gasteiger partial charge < -0.3 is 15.8 Å². The summed E-state index contributed by atoms with van der Waals surface area (Å²) in [7, 11) is 0. The Hall–Kier alpha value is -1.34. The molecule has 1 aromatic carbocycles. The zero-order valence-corrected chi connectivity index (χ0v) is 13.0. The van der Waals surface area contributed by atoms with Gasteiger partial charge in [0.25, 0.3) is 5.76 Å². The highest BCUT2D eigenvalue weighted by Gasteiger charge is 2.17. The highest BCUT2D eigenvalue weighted by molar-refractivity contribution is 7.99. The van der Waals surface area contributed by atoms with Crippen LogP contribution >= 0.6 is 11.8 Å². The zero-order chi connectivity index (χ0) is 16.0. The summed E-state index contributed by atoms with van der Waals surface area (Å²) in [6.07, 6.45) is -0.559. The molecule has 4 nitrogen and oxygen atoms in total. The molecule has 0 radical (unpaired) electrons. The minimum Gasteiger partial charge on any atom is -0.444 e. The van der Waals surface area contributed by atoms with Crippen LogP contribution in [0.3, 0.4) is 0 Å². The van der Waals surface area contributed by atoms with E-state index in [0.717, 1.165) is 0 Å². The van der Waals surface area contributed by atoms with Crippen molar-refractivity contribution in [3.63, 3.8) is 0 Å². The molecule has 0 saturated heterocycles. The van der Waals surface area contributed by atoms with Crippen LogP contribution in [0, 0.1) is 0 Å². The van der Waals surface area contributed by atoms with E-state index in [2.05, 4.69) is 5.32 Å². The molecule has 0 aliphatic rings. The second-order valence-electron chi connectivity index (χ2n) is 5.44. The van der Waals surface area contributed by atoms with Crippen LogP contribution in [-0.4, -0.2) is 24.0 Å². The van der Waals surface area contributed by atoms with Crippen LogP contribution in [0.4, 0.5) is 13.6 Å². The third-order valence-electron chi connectivity index (χ3n) is 2.38. The number of nitrogens with two attached hydrogens (primary N) is 1. The summed E-state index contributed by atoms with van der Waals surface area (Å²) < 4.78 is 29.7. The summed E-state index contributed by atoms with van der Waals surface area (Å²) in [5.74, 6) is -2.48. The minimum absolute atomic E-state index is 0.164. The number of amides is 1. The van der Waals surface area contributed by atoms with Gasteiger partial charge in [-0.25, -0.2) is 4.79 Å². The molecule has 118 valence electrons. The van der Waals surface area contributed by atoms with Gasteiger partial charge in [-0.1, -0.05) is 23.9 Å². The van der Waals surface area contributed by atoms with Gasteiger partial charge in [0.1, 0.15) is 5.60 Å². The number of benzene rings is 1. The fourth-order valence-electron chi connectivity index (χ4n) is 1.55. The molecule has 0 spiro atoms. The molecule has 0 aliphatic carbocycles. The Balaban J connectivity index is 2.55. The minimum atomic E-state index is -2.48. The van der Waals surface area contributed by atoms with E-state index in [1.54, 1.807) is 45.0 Å². The molecule has 3 N–H and O–H groups in total. The largest absolute Gasteiger partial charge is 0.444 e. The molecular weight excluding hydrogens is 298 g/mol. The molecule has 0 aliphatic heterocycles. The van der Waals surface area contributed by atoms with E-state index >= 15 is 0 Å². The molecule has 0 bridgehead atoms. The van der Waals surface area contributed by atoms with Gasteiger partial charge in [0.15, 0.2) is 0 Å². The van der Waals surface area contributed by atoms with Gasteiger partial charge in [0.2, 0.25) is 0 Å². The Bertz CT molecular complexity index is 478. The van der Waals surface area contributed by atoms with E-state index in [-0.39, 0.29) is 6.54 Å². The maximum absolute atomic E-state index is 12.3. The third-order valence-corrected chi connectivity index (χ3v) is 3.08. The average molecular weight is 318 g/mol. The smallest absolute Gasteiger partial charge is 0.407 e. The van der Waals surface area contributed by atoms with Crippen LogP contribution in [0.2, 0.25) is 0 Å². The quantitative estimate of drug-likeness (QED) is 0.815. The number of carbonyl (C=O) groups is 1. The lowest BCUT2D eigenvalue weighted by Crippen LogP contribution is -2.36. The monoisotopic (exact) mass is 318 g/mol. The van der Waals surface area contributed by atoms with Gasteiger partial charge in [0.05, 0.1) is 0 Å². The Morgan fingerprint density at radius 3 is 2.67 bits per heavy atom. The first-order valence-electron chi connectivity index (χ1n) is 6.44. The molecule has 21 heavy (non-hydrogen) atoms. The van der Waals surface area contributed by atoms with Crippen molar-refractivity contribution in [2.75, 3.05) is 6.54 Å². The number of thioether (sulfide) groups is 1. The molecule has 1 rings (SSSR count). The summed E-state index contributed by atoms with van der Waals surface area (Å²) in [6.45, 7) is 5.45. The van der Waals surface area contributed by atoms with E-state index in [1.807, 2.05) is 0 Å². The molecule has 7 heteroatoms. The summed E-state index contributed by atoms with van der Waals surface area (Å²) in [5, 5.41) is 2.56. The van der Waals surface area contributed by atoms with Gasteiger partial charge in [-0.05, 0) is 38.5 Å². The second kappa shape index (κ2) is 7.61. The highest BCUT2D eigenvalue weighted by atomic mass is 32.2. The number of halogens is 2.